The van der Waals surface area contributed by atoms with Gasteiger partial charge >= 0.3 is 0 Å². The van der Waals surface area contributed by atoms with E-state index in [1.807, 2.05) is 30.9 Å². The first-order valence-corrected chi connectivity index (χ1v) is 5.75. The third kappa shape index (κ3) is 3.06. The molecule has 0 saturated heterocycles. The zero-order valence-electron chi connectivity index (χ0n) is 9.61. The molecule has 0 spiro atoms. The van der Waals surface area contributed by atoms with Crippen LogP contribution in [0.3, 0.4) is 0 Å². The summed E-state index contributed by atoms with van der Waals surface area (Å²) in [4.78, 5) is 4.27. The van der Waals surface area contributed by atoms with Gasteiger partial charge in [-0.15, -0.1) is 0 Å². The van der Waals surface area contributed by atoms with Crippen molar-refractivity contribution in [2.45, 2.75) is 44.6 Å². The maximum atomic E-state index is 10.2. The van der Waals surface area contributed by atoms with Crippen molar-refractivity contribution in [2.24, 2.45) is 13.0 Å². The van der Waals surface area contributed by atoms with Crippen LogP contribution in [0.4, 0.5) is 0 Å². The molecule has 1 fully saturated rings. The van der Waals surface area contributed by atoms with Crippen LogP contribution in [0.2, 0.25) is 0 Å². The first-order valence-electron chi connectivity index (χ1n) is 5.75. The average molecular weight is 208 g/mol. The van der Waals surface area contributed by atoms with Crippen molar-refractivity contribution < 1.29 is 5.11 Å². The number of aliphatic hydroxyl groups is 1. The zero-order valence-corrected chi connectivity index (χ0v) is 9.61. The number of hydrogen-bond acceptors (Lipinski definition) is 2. The van der Waals surface area contributed by atoms with Gasteiger partial charge in [0.05, 0.1) is 5.60 Å². The Hall–Kier alpha value is -0.830. The fourth-order valence-electron chi connectivity index (χ4n) is 2.06. The molecule has 0 bridgehead atoms. The Morgan fingerprint density at radius 2 is 2.33 bits per heavy atom. The van der Waals surface area contributed by atoms with E-state index in [0.717, 1.165) is 31.0 Å². The Bertz CT molecular complexity index is 326. The van der Waals surface area contributed by atoms with Crippen molar-refractivity contribution >= 4 is 0 Å². The van der Waals surface area contributed by atoms with Gasteiger partial charge in [-0.2, -0.15) is 0 Å². The highest BCUT2D eigenvalue weighted by Crippen LogP contribution is 2.37. The van der Waals surface area contributed by atoms with Crippen LogP contribution in [-0.4, -0.2) is 20.3 Å². The van der Waals surface area contributed by atoms with Crippen LogP contribution < -0.4 is 0 Å². The molecule has 0 radical (unpaired) electrons. The van der Waals surface area contributed by atoms with Gasteiger partial charge in [-0.05, 0) is 25.7 Å². The zero-order chi connectivity index (χ0) is 10.9. The highest BCUT2D eigenvalue weighted by molar-refractivity contribution is 4.94. The predicted octanol–water partition coefficient (Wildman–Crippen LogP) is 1.90. The minimum atomic E-state index is -0.507. The first kappa shape index (κ1) is 10.7. The number of aromatic nitrogens is 2. The molecule has 15 heavy (non-hydrogen) atoms. The summed E-state index contributed by atoms with van der Waals surface area (Å²) in [6.07, 6.45) is 9.00. The van der Waals surface area contributed by atoms with Crippen LogP contribution in [0.15, 0.2) is 12.4 Å². The van der Waals surface area contributed by atoms with Crippen molar-refractivity contribution in [3.8, 4) is 0 Å². The predicted molar refractivity (Wildman–Crippen MR) is 59.5 cm³/mol. The highest BCUT2D eigenvalue weighted by atomic mass is 16.3. The van der Waals surface area contributed by atoms with Crippen LogP contribution in [0.25, 0.3) is 0 Å². The number of hydrogen-bond donors (Lipinski definition) is 1. The summed E-state index contributed by atoms with van der Waals surface area (Å²) in [5, 5.41) is 10.2. The lowest BCUT2D eigenvalue weighted by Gasteiger charge is -2.22. The van der Waals surface area contributed by atoms with Crippen molar-refractivity contribution in [2.75, 3.05) is 0 Å². The molecule has 0 aromatic carbocycles. The summed E-state index contributed by atoms with van der Waals surface area (Å²) in [7, 11) is 2.00. The molecular weight excluding hydrogens is 188 g/mol. The summed E-state index contributed by atoms with van der Waals surface area (Å²) in [5.41, 5.74) is -0.507. The van der Waals surface area contributed by atoms with Crippen molar-refractivity contribution in [1.82, 2.24) is 9.55 Å². The molecule has 1 N–H and O–H groups in total. The summed E-state index contributed by atoms with van der Waals surface area (Å²) >= 11 is 0. The van der Waals surface area contributed by atoms with E-state index in [1.165, 1.54) is 12.8 Å². The topological polar surface area (TPSA) is 38.0 Å². The maximum absolute atomic E-state index is 10.2. The van der Waals surface area contributed by atoms with Crippen LogP contribution in [-0.2, 0) is 13.5 Å². The second-order valence-corrected chi connectivity index (χ2v) is 5.10. The fraction of sp³-hybridized carbons (Fsp3) is 0.750. The molecule has 1 aliphatic carbocycles. The van der Waals surface area contributed by atoms with Gasteiger partial charge in [-0.25, -0.2) is 4.98 Å². The summed E-state index contributed by atoms with van der Waals surface area (Å²) in [5.74, 6) is 1.84. The van der Waals surface area contributed by atoms with E-state index in [2.05, 4.69) is 4.98 Å². The van der Waals surface area contributed by atoms with E-state index in [-0.39, 0.29) is 0 Å². The van der Waals surface area contributed by atoms with E-state index in [4.69, 9.17) is 0 Å². The SMILES string of the molecule is Cn1ccnc1CCC(C)(O)CC1CC1. The maximum Gasteiger partial charge on any atom is 0.108 e. The van der Waals surface area contributed by atoms with E-state index < -0.39 is 5.60 Å². The monoisotopic (exact) mass is 208 g/mol. The molecule has 1 saturated carbocycles. The normalized spacial score (nSPS) is 20.2. The molecule has 1 aromatic heterocycles. The van der Waals surface area contributed by atoms with E-state index in [1.54, 1.807) is 0 Å². The fourth-order valence-corrected chi connectivity index (χ4v) is 2.06. The van der Waals surface area contributed by atoms with Crippen LogP contribution in [0.1, 0.15) is 38.4 Å². The standard InChI is InChI=1S/C12H20N2O/c1-12(15,9-10-3-4-10)6-5-11-13-7-8-14(11)2/h7-8,10,15H,3-6,9H2,1-2H3. The average Bonchev–Trinajstić information content (AvgIpc) is 2.84. The molecule has 1 heterocycles. The van der Waals surface area contributed by atoms with Gasteiger partial charge in [0.15, 0.2) is 0 Å². The van der Waals surface area contributed by atoms with Crippen molar-refractivity contribution in [3.63, 3.8) is 0 Å². The van der Waals surface area contributed by atoms with E-state index in [9.17, 15) is 5.11 Å². The third-order valence-electron chi connectivity index (χ3n) is 3.23. The summed E-state index contributed by atoms with van der Waals surface area (Å²) in [6, 6.07) is 0. The lowest BCUT2D eigenvalue weighted by molar-refractivity contribution is 0.0360. The third-order valence-corrected chi connectivity index (χ3v) is 3.23. The molecule has 0 amide bonds. The number of rotatable bonds is 5. The molecule has 3 nitrogen and oxygen atoms in total. The van der Waals surface area contributed by atoms with Crippen LogP contribution >= 0.6 is 0 Å². The Morgan fingerprint density at radius 1 is 1.60 bits per heavy atom. The molecule has 1 atom stereocenters. The van der Waals surface area contributed by atoms with Gasteiger partial charge in [-0.1, -0.05) is 12.8 Å². The van der Waals surface area contributed by atoms with Crippen LogP contribution in [0, 0.1) is 5.92 Å². The lowest BCUT2D eigenvalue weighted by Crippen LogP contribution is -2.26. The Morgan fingerprint density at radius 3 is 2.87 bits per heavy atom. The molecule has 1 aliphatic rings. The molecule has 1 aromatic rings. The van der Waals surface area contributed by atoms with Crippen molar-refractivity contribution in [3.05, 3.63) is 18.2 Å². The minimum absolute atomic E-state index is 0.507. The van der Waals surface area contributed by atoms with E-state index >= 15 is 0 Å². The Kier molecular flexibility index (Phi) is 2.83. The molecule has 84 valence electrons. The van der Waals surface area contributed by atoms with Gasteiger partial charge in [0.25, 0.3) is 0 Å². The van der Waals surface area contributed by atoms with E-state index in [0.29, 0.717) is 0 Å². The van der Waals surface area contributed by atoms with Gasteiger partial charge < -0.3 is 9.67 Å². The highest BCUT2D eigenvalue weighted by Gasteiger charge is 2.31. The second-order valence-electron chi connectivity index (χ2n) is 5.10. The van der Waals surface area contributed by atoms with Gasteiger partial charge in [0.1, 0.15) is 5.82 Å². The molecule has 1 unspecified atom stereocenters. The lowest BCUT2D eigenvalue weighted by atomic mass is 9.93. The number of imidazole rings is 1. The van der Waals surface area contributed by atoms with Gasteiger partial charge in [0, 0.05) is 25.9 Å². The molecule has 2 rings (SSSR count). The van der Waals surface area contributed by atoms with Crippen LogP contribution in [0.5, 0.6) is 0 Å². The number of aryl methyl sites for hydroxylation is 2. The first-order chi connectivity index (χ1) is 7.07. The minimum Gasteiger partial charge on any atom is -0.390 e. The quantitative estimate of drug-likeness (QED) is 0.802. The number of nitrogens with zero attached hydrogens (tertiary/aromatic N) is 2. The summed E-state index contributed by atoms with van der Waals surface area (Å²) in [6.45, 7) is 1.95. The van der Waals surface area contributed by atoms with Gasteiger partial charge in [-0.3, -0.25) is 0 Å². The van der Waals surface area contributed by atoms with Crippen molar-refractivity contribution in [1.29, 1.82) is 0 Å². The largest absolute Gasteiger partial charge is 0.390 e. The second kappa shape index (κ2) is 3.97. The molecule has 3 heteroatoms. The Balaban J connectivity index is 1.83. The Labute approximate surface area is 91.1 Å². The molecule has 0 aliphatic heterocycles. The van der Waals surface area contributed by atoms with Gasteiger partial charge in [0.2, 0.25) is 0 Å². The molecular formula is C12H20N2O. The summed E-state index contributed by atoms with van der Waals surface area (Å²) < 4.78 is 2.02. The smallest absolute Gasteiger partial charge is 0.108 e.